The Morgan fingerprint density at radius 3 is 2.89 bits per heavy atom. The summed E-state index contributed by atoms with van der Waals surface area (Å²) in [4.78, 5) is 23.0. The summed E-state index contributed by atoms with van der Waals surface area (Å²) >= 11 is 1.56. The molecule has 1 aliphatic rings. The second kappa shape index (κ2) is 6.51. The standard InChI is InChI=1S/C12H16N2O3S/c15-11(13-6-9-3-5-18-8-9)12(16)14-7-10-2-1-4-17-10/h3,5,8,10H,1-2,4,6-7H2,(H,13,15)(H,14,16). The first kappa shape index (κ1) is 13.0. The summed E-state index contributed by atoms with van der Waals surface area (Å²) in [5, 5.41) is 9.02. The van der Waals surface area contributed by atoms with Gasteiger partial charge in [-0.15, -0.1) is 0 Å². The Morgan fingerprint density at radius 2 is 2.22 bits per heavy atom. The van der Waals surface area contributed by atoms with Crippen LogP contribution in [0.2, 0.25) is 0 Å². The maximum atomic E-state index is 11.5. The van der Waals surface area contributed by atoms with E-state index >= 15 is 0 Å². The number of carbonyl (C=O) groups excluding carboxylic acids is 2. The van der Waals surface area contributed by atoms with Crippen molar-refractivity contribution in [2.24, 2.45) is 0 Å². The summed E-state index contributed by atoms with van der Waals surface area (Å²) in [6.45, 7) is 1.53. The van der Waals surface area contributed by atoms with E-state index in [0.717, 1.165) is 25.0 Å². The van der Waals surface area contributed by atoms with Gasteiger partial charge in [0.25, 0.3) is 0 Å². The third kappa shape index (κ3) is 3.82. The van der Waals surface area contributed by atoms with Gasteiger partial charge >= 0.3 is 11.8 Å². The third-order valence-electron chi connectivity index (χ3n) is 2.75. The van der Waals surface area contributed by atoms with Crippen LogP contribution in [-0.4, -0.2) is 31.1 Å². The molecule has 2 N–H and O–H groups in total. The average Bonchev–Trinajstić information content (AvgIpc) is 3.05. The van der Waals surface area contributed by atoms with Crippen molar-refractivity contribution in [3.63, 3.8) is 0 Å². The molecule has 5 nitrogen and oxygen atoms in total. The van der Waals surface area contributed by atoms with Gasteiger partial charge in [-0.1, -0.05) is 0 Å². The Labute approximate surface area is 110 Å². The Bertz CT molecular complexity index is 399. The zero-order chi connectivity index (χ0) is 12.8. The van der Waals surface area contributed by atoms with Crippen molar-refractivity contribution in [3.05, 3.63) is 22.4 Å². The molecular formula is C12H16N2O3S. The number of amides is 2. The number of carbonyl (C=O) groups is 2. The van der Waals surface area contributed by atoms with Crippen LogP contribution < -0.4 is 10.6 Å². The first-order chi connectivity index (χ1) is 8.75. The van der Waals surface area contributed by atoms with Crippen molar-refractivity contribution >= 4 is 23.2 Å². The zero-order valence-electron chi connectivity index (χ0n) is 9.98. The molecule has 0 saturated carbocycles. The summed E-state index contributed by atoms with van der Waals surface area (Å²) in [7, 11) is 0. The van der Waals surface area contributed by atoms with Gasteiger partial charge in [0.2, 0.25) is 0 Å². The van der Waals surface area contributed by atoms with Crippen LogP contribution >= 0.6 is 11.3 Å². The van der Waals surface area contributed by atoms with Crippen LogP contribution in [0.1, 0.15) is 18.4 Å². The molecule has 1 aromatic rings. The second-order valence-corrected chi connectivity index (χ2v) is 4.94. The van der Waals surface area contributed by atoms with Gasteiger partial charge in [-0.25, -0.2) is 0 Å². The highest BCUT2D eigenvalue weighted by Crippen LogP contribution is 2.10. The number of hydrogen-bond donors (Lipinski definition) is 2. The summed E-state index contributed by atoms with van der Waals surface area (Å²) < 4.78 is 5.36. The summed E-state index contributed by atoms with van der Waals surface area (Å²) in [6, 6.07) is 1.91. The molecule has 2 heterocycles. The fourth-order valence-corrected chi connectivity index (χ4v) is 2.42. The van der Waals surface area contributed by atoms with Crippen molar-refractivity contribution in [2.45, 2.75) is 25.5 Å². The minimum Gasteiger partial charge on any atom is -0.376 e. The monoisotopic (exact) mass is 268 g/mol. The Morgan fingerprint density at radius 1 is 1.39 bits per heavy atom. The van der Waals surface area contributed by atoms with Gasteiger partial charge < -0.3 is 15.4 Å². The van der Waals surface area contributed by atoms with Gasteiger partial charge in [0.1, 0.15) is 0 Å². The third-order valence-corrected chi connectivity index (χ3v) is 3.49. The van der Waals surface area contributed by atoms with Crippen molar-refractivity contribution in [1.29, 1.82) is 0 Å². The summed E-state index contributed by atoms with van der Waals surface area (Å²) in [5.41, 5.74) is 1.00. The van der Waals surface area contributed by atoms with E-state index in [-0.39, 0.29) is 6.10 Å². The van der Waals surface area contributed by atoms with Gasteiger partial charge in [0.05, 0.1) is 6.10 Å². The molecule has 1 fully saturated rings. The van der Waals surface area contributed by atoms with E-state index in [1.807, 2.05) is 16.8 Å². The molecule has 98 valence electrons. The molecule has 2 amide bonds. The molecule has 1 unspecified atom stereocenters. The molecule has 0 radical (unpaired) electrons. The quantitative estimate of drug-likeness (QED) is 0.788. The number of rotatable bonds is 4. The van der Waals surface area contributed by atoms with Crippen LogP contribution in [-0.2, 0) is 20.9 Å². The second-order valence-electron chi connectivity index (χ2n) is 4.16. The highest BCUT2D eigenvalue weighted by Gasteiger charge is 2.18. The first-order valence-electron chi connectivity index (χ1n) is 5.94. The van der Waals surface area contributed by atoms with Crippen molar-refractivity contribution in [1.82, 2.24) is 10.6 Å². The fraction of sp³-hybridized carbons (Fsp3) is 0.500. The van der Waals surface area contributed by atoms with E-state index in [0.29, 0.717) is 13.1 Å². The van der Waals surface area contributed by atoms with Gasteiger partial charge in [-0.2, -0.15) is 11.3 Å². The van der Waals surface area contributed by atoms with Gasteiger partial charge in [-0.3, -0.25) is 9.59 Å². The largest absolute Gasteiger partial charge is 0.376 e. The van der Waals surface area contributed by atoms with Crippen molar-refractivity contribution in [2.75, 3.05) is 13.2 Å². The Hall–Kier alpha value is -1.40. The normalized spacial score (nSPS) is 18.6. The molecular weight excluding hydrogens is 252 g/mol. The van der Waals surface area contributed by atoms with Crippen molar-refractivity contribution < 1.29 is 14.3 Å². The summed E-state index contributed by atoms with van der Waals surface area (Å²) in [5.74, 6) is -1.19. The molecule has 0 aromatic carbocycles. The van der Waals surface area contributed by atoms with E-state index in [1.165, 1.54) is 0 Å². The molecule has 6 heteroatoms. The minimum absolute atomic E-state index is 0.0543. The molecule has 0 bridgehead atoms. The van der Waals surface area contributed by atoms with Gasteiger partial charge in [-0.05, 0) is 35.2 Å². The molecule has 1 aromatic heterocycles. The maximum Gasteiger partial charge on any atom is 0.309 e. The highest BCUT2D eigenvalue weighted by molar-refractivity contribution is 7.07. The average molecular weight is 268 g/mol. The maximum absolute atomic E-state index is 11.5. The van der Waals surface area contributed by atoms with E-state index in [9.17, 15) is 9.59 Å². The number of thiophene rings is 1. The lowest BCUT2D eigenvalue weighted by atomic mass is 10.2. The predicted molar refractivity (Wildman–Crippen MR) is 68.1 cm³/mol. The molecule has 1 atom stereocenters. The van der Waals surface area contributed by atoms with E-state index in [1.54, 1.807) is 11.3 Å². The van der Waals surface area contributed by atoms with Gasteiger partial charge in [0.15, 0.2) is 0 Å². The Balaban J connectivity index is 1.66. The topological polar surface area (TPSA) is 67.4 Å². The molecule has 18 heavy (non-hydrogen) atoms. The lowest BCUT2D eigenvalue weighted by molar-refractivity contribution is -0.139. The molecule has 1 aliphatic heterocycles. The minimum atomic E-state index is -0.598. The van der Waals surface area contributed by atoms with E-state index in [2.05, 4.69) is 10.6 Å². The van der Waals surface area contributed by atoms with Crippen LogP contribution in [0.4, 0.5) is 0 Å². The van der Waals surface area contributed by atoms with Crippen LogP contribution in [0.25, 0.3) is 0 Å². The number of ether oxygens (including phenoxy) is 1. The molecule has 1 saturated heterocycles. The first-order valence-corrected chi connectivity index (χ1v) is 6.88. The number of hydrogen-bond acceptors (Lipinski definition) is 4. The smallest absolute Gasteiger partial charge is 0.309 e. The fourth-order valence-electron chi connectivity index (χ4n) is 1.75. The van der Waals surface area contributed by atoms with Gasteiger partial charge in [0, 0.05) is 19.7 Å². The highest BCUT2D eigenvalue weighted by atomic mass is 32.1. The number of nitrogens with one attached hydrogen (secondary N) is 2. The molecule has 0 aliphatic carbocycles. The van der Waals surface area contributed by atoms with Crippen LogP contribution in [0.5, 0.6) is 0 Å². The van der Waals surface area contributed by atoms with E-state index < -0.39 is 11.8 Å². The SMILES string of the molecule is O=C(NCc1ccsc1)C(=O)NCC1CCCO1. The summed E-state index contributed by atoms with van der Waals surface area (Å²) in [6.07, 6.45) is 2.01. The lowest BCUT2D eigenvalue weighted by Crippen LogP contribution is -2.42. The predicted octanol–water partition coefficient (Wildman–Crippen LogP) is 0.659. The Kier molecular flexibility index (Phi) is 4.72. The molecule has 2 rings (SSSR count). The molecule has 0 spiro atoms. The van der Waals surface area contributed by atoms with Crippen LogP contribution in [0, 0.1) is 0 Å². The zero-order valence-corrected chi connectivity index (χ0v) is 10.8. The van der Waals surface area contributed by atoms with Crippen LogP contribution in [0.3, 0.4) is 0 Å². The lowest BCUT2D eigenvalue weighted by Gasteiger charge is -2.10. The van der Waals surface area contributed by atoms with Crippen LogP contribution in [0.15, 0.2) is 16.8 Å². The van der Waals surface area contributed by atoms with Crippen molar-refractivity contribution in [3.8, 4) is 0 Å². The van der Waals surface area contributed by atoms with E-state index in [4.69, 9.17) is 4.74 Å².